The van der Waals surface area contributed by atoms with Crippen LogP contribution in [0.3, 0.4) is 0 Å². The van der Waals surface area contributed by atoms with Crippen molar-refractivity contribution >= 4 is 39.2 Å². The number of nitrogens with two attached hydrogens (primary N) is 1. The van der Waals surface area contributed by atoms with Crippen molar-refractivity contribution in [1.82, 2.24) is 14.3 Å². The molecule has 30 heavy (non-hydrogen) atoms. The van der Waals surface area contributed by atoms with Gasteiger partial charge < -0.3 is 15.8 Å². The van der Waals surface area contributed by atoms with E-state index in [1.165, 1.54) is 20.0 Å². The van der Waals surface area contributed by atoms with Gasteiger partial charge in [0, 0.05) is 18.3 Å². The minimum atomic E-state index is -3.88. The molecule has 0 saturated heterocycles. The van der Waals surface area contributed by atoms with E-state index in [9.17, 15) is 17.6 Å². The monoisotopic (exact) mass is 459 g/mol. The number of hydrogen-bond acceptors (Lipinski definition) is 8. The van der Waals surface area contributed by atoms with E-state index in [0.29, 0.717) is 0 Å². The number of ether oxygens (including phenoxy) is 1. The molecule has 3 N–H and O–H groups in total. The van der Waals surface area contributed by atoms with Crippen LogP contribution < -0.4 is 15.8 Å². The highest BCUT2D eigenvalue weighted by atomic mass is 35.5. The number of rotatable bonds is 4. The second kappa shape index (κ2) is 7.69. The lowest BCUT2D eigenvalue weighted by Crippen LogP contribution is -2.50. The minimum absolute atomic E-state index is 0.0253. The molecule has 0 aliphatic carbocycles. The van der Waals surface area contributed by atoms with E-state index in [-0.39, 0.29) is 33.8 Å². The van der Waals surface area contributed by atoms with Crippen LogP contribution in [0.2, 0.25) is 5.02 Å². The summed E-state index contributed by atoms with van der Waals surface area (Å²) in [6, 6.07) is 2.31. The number of amides is 1. The van der Waals surface area contributed by atoms with Gasteiger partial charge in [0.05, 0.1) is 34.3 Å². The van der Waals surface area contributed by atoms with Crippen LogP contribution in [-0.2, 0) is 15.6 Å². The summed E-state index contributed by atoms with van der Waals surface area (Å²) in [4.78, 5) is 24.1. The summed E-state index contributed by atoms with van der Waals surface area (Å²) < 4.78 is 66.2. The van der Waals surface area contributed by atoms with Gasteiger partial charge in [-0.1, -0.05) is 11.6 Å². The highest BCUT2D eigenvalue weighted by molar-refractivity contribution is 7.89. The van der Waals surface area contributed by atoms with Gasteiger partial charge in [-0.3, -0.25) is 4.79 Å². The molecule has 0 fully saturated rings. The Morgan fingerprint density at radius 1 is 1.43 bits per heavy atom. The fraction of sp³-hybridized carbons (Fsp3) is 0.294. The van der Waals surface area contributed by atoms with Crippen LogP contribution in [0.5, 0.6) is 5.88 Å². The van der Waals surface area contributed by atoms with Crippen LogP contribution in [0, 0.1) is 5.82 Å². The van der Waals surface area contributed by atoms with Gasteiger partial charge in [0.25, 0.3) is 5.91 Å². The second-order valence-electron chi connectivity index (χ2n) is 6.58. The van der Waals surface area contributed by atoms with E-state index in [2.05, 4.69) is 25.0 Å². The number of hydrogen-bond donors (Lipinski definition) is 2. The molecule has 1 aromatic carbocycles. The average Bonchev–Trinajstić information content (AvgIpc) is 2.67. The number of halogens is 2. The first-order valence-corrected chi connectivity index (χ1v) is 10.2. The number of nitrogens with zero attached hydrogens (tertiary/aromatic N) is 4. The zero-order chi connectivity index (χ0) is 24.8. The molecular weight excluding hydrogens is 439 g/mol. The normalized spacial score (nSPS) is 22.3. The number of aromatic nitrogens is 2. The first kappa shape index (κ1) is 17.8. The Morgan fingerprint density at radius 3 is 2.77 bits per heavy atom. The summed E-state index contributed by atoms with van der Waals surface area (Å²) >= 11 is 5.98. The number of aliphatic imine (C=N–C) groups is 1. The predicted octanol–water partition coefficient (Wildman–Crippen LogP) is 1.34. The van der Waals surface area contributed by atoms with Gasteiger partial charge in [0.15, 0.2) is 0 Å². The average molecular weight is 460 g/mol. The Labute approximate surface area is 181 Å². The lowest BCUT2D eigenvalue weighted by molar-refractivity contribution is 0.102. The summed E-state index contributed by atoms with van der Waals surface area (Å²) in [5, 5.41) is 2.06. The third kappa shape index (κ3) is 4.00. The third-order valence-electron chi connectivity index (χ3n) is 4.40. The van der Waals surface area contributed by atoms with Crippen LogP contribution in [0.4, 0.5) is 10.1 Å². The maximum atomic E-state index is 14.9. The maximum absolute atomic E-state index is 14.9. The molecular formula is C17H18ClFN6O4S. The quantitative estimate of drug-likeness (QED) is 0.702. The van der Waals surface area contributed by atoms with Crippen molar-refractivity contribution in [3.63, 3.8) is 0 Å². The molecule has 10 nitrogen and oxygen atoms in total. The lowest BCUT2D eigenvalue weighted by Gasteiger charge is -2.34. The molecule has 0 radical (unpaired) electrons. The predicted molar refractivity (Wildman–Crippen MR) is 108 cm³/mol. The number of anilines is 1. The molecule has 3 rings (SSSR count). The summed E-state index contributed by atoms with van der Waals surface area (Å²) in [5.41, 5.74) is 3.72. The second-order valence-corrected chi connectivity index (χ2v) is 8.99. The standard InChI is InChI=1S/C17H18ClFN6O4S/c1-17(8-30(27,28)25(2)16(20)24-17)10-4-9(5-11(18)14(10)19)23-15(26)12-6-22-13(29-3)7-21-12/h4-7H,8H2,1-3H3,(H2,20,24)(H,23,26)/t17-/m0/s1/i3D3. The Hall–Kier alpha value is -2.99. The molecule has 1 atom stereocenters. The van der Waals surface area contributed by atoms with Gasteiger partial charge in [-0.15, -0.1) is 0 Å². The van der Waals surface area contributed by atoms with Crippen molar-refractivity contribution in [2.75, 3.05) is 25.2 Å². The number of sulfonamides is 1. The Kier molecular flexibility index (Phi) is 4.57. The zero-order valence-electron chi connectivity index (χ0n) is 18.7. The number of carbonyl (C=O) groups is 1. The molecule has 1 aliphatic rings. The van der Waals surface area contributed by atoms with Crippen molar-refractivity contribution in [3.05, 3.63) is 46.6 Å². The van der Waals surface area contributed by atoms with E-state index in [1.54, 1.807) is 0 Å². The molecule has 0 spiro atoms. The van der Waals surface area contributed by atoms with Gasteiger partial charge >= 0.3 is 0 Å². The minimum Gasteiger partial charge on any atom is -0.480 e. The Morgan fingerprint density at radius 2 is 2.17 bits per heavy atom. The molecule has 0 saturated carbocycles. The summed E-state index contributed by atoms with van der Waals surface area (Å²) in [6.45, 7) is 1.37. The first-order chi connectivity index (χ1) is 15.1. The number of nitrogens with one attached hydrogen (secondary N) is 1. The van der Waals surface area contributed by atoms with Crippen molar-refractivity contribution in [1.29, 1.82) is 0 Å². The number of benzene rings is 1. The summed E-state index contributed by atoms with van der Waals surface area (Å²) in [5.74, 6) is -2.92. The molecule has 13 heteroatoms. The lowest BCUT2D eigenvalue weighted by atomic mass is 9.93. The van der Waals surface area contributed by atoms with Gasteiger partial charge in [-0.2, -0.15) is 0 Å². The summed E-state index contributed by atoms with van der Waals surface area (Å²) in [6.07, 6.45) is 1.94. The van der Waals surface area contributed by atoms with E-state index in [1.807, 2.05) is 0 Å². The van der Waals surface area contributed by atoms with E-state index < -0.39 is 40.1 Å². The molecule has 1 amide bonds. The zero-order valence-corrected chi connectivity index (χ0v) is 17.3. The van der Waals surface area contributed by atoms with Crippen molar-refractivity contribution in [2.24, 2.45) is 10.7 Å². The fourth-order valence-electron chi connectivity index (χ4n) is 2.82. The van der Waals surface area contributed by atoms with Crippen LogP contribution in [0.15, 0.2) is 29.5 Å². The molecule has 1 aromatic heterocycles. The molecule has 2 aromatic rings. The van der Waals surface area contributed by atoms with Crippen molar-refractivity contribution in [3.8, 4) is 5.88 Å². The van der Waals surface area contributed by atoms with E-state index in [4.69, 9.17) is 21.4 Å². The highest BCUT2D eigenvalue weighted by Crippen LogP contribution is 2.37. The van der Waals surface area contributed by atoms with Gasteiger partial charge in [-0.25, -0.2) is 32.1 Å². The molecule has 160 valence electrons. The van der Waals surface area contributed by atoms with E-state index in [0.717, 1.165) is 22.8 Å². The topological polar surface area (TPSA) is 140 Å². The van der Waals surface area contributed by atoms with Gasteiger partial charge in [0.2, 0.25) is 21.9 Å². The van der Waals surface area contributed by atoms with Crippen LogP contribution in [0.1, 0.15) is 27.1 Å². The number of carbonyl (C=O) groups excluding carboxylic acids is 1. The Bertz CT molecular complexity index is 1240. The highest BCUT2D eigenvalue weighted by Gasteiger charge is 2.42. The third-order valence-corrected chi connectivity index (χ3v) is 6.62. The largest absolute Gasteiger partial charge is 0.480 e. The molecule has 2 heterocycles. The molecule has 1 aliphatic heterocycles. The van der Waals surface area contributed by atoms with Gasteiger partial charge in [0.1, 0.15) is 17.1 Å². The fourth-order valence-corrected chi connectivity index (χ4v) is 4.49. The van der Waals surface area contributed by atoms with Gasteiger partial charge in [-0.05, 0) is 19.1 Å². The summed E-state index contributed by atoms with van der Waals surface area (Å²) in [7, 11) is -5.39. The Balaban J connectivity index is 1.91. The number of guanidine groups is 1. The van der Waals surface area contributed by atoms with Crippen LogP contribution >= 0.6 is 11.6 Å². The van der Waals surface area contributed by atoms with Crippen LogP contribution in [0.25, 0.3) is 0 Å². The molecule has 0 bridgehead atoms. The number of methoxy groups -OCH3 is 1. The maximum Gasteiger partial charge on any atom is 0.275 e. The van der Waals surface area contributed by atoms with Crippen LogP contribution in [-0.4, -0.2) is 54.4 Å². The SMILES string of the molecule is [2H]C([2H])([2H])Oc1cnc(C(=O)Nc2cc(Cl)c(F)c([C@]3(C)CS(=O)(=O)N(C)C(N)=N3)c2)cn1. The first-order valence-electron chi connectivity index (χ1n) is 9.75. The van der Waals surface area contributed by atoms with Crippen molar-refractivity contribution < 1.29 is 26.5 Å². The molecule has 0 unspecified atom stereocenters. The van der Waals surface area contributed by atoms with E-state index >= 15 is 0 Å². The smallest absolute Gasteiger partial charge is 0.275 e. The van der Waals surface area contributed by atoms with Crippen molar-refractivity contribution in [2.45, 2.75) is 12.5 Å².